The fraction of sp³-hybridized carbons (Fsp3) is 0.923. The van der Waals surface area contributed by atoms with Crippen LogP contribution < -0.4 is 0 Å². The molecule has 0 amide bonds. The van der Waals surface area contributed by atoms with E-state index in [4.69, 9.17) is 0 Å². The molecule has 0 aromatic carbocycles. The molecule has 0 N–H and O–H groups in total. The Balaban J connectivity index is 2.08. The molecule has 0 saturated heterocycles. The summed E-state index contributed by atoms with van der Waals surface area (Å²) in [5, 5.41) is 0. The topological polar surface area (TPSA) is 17.1 Å². The van der Waals surface area contributed by atoms with Crippen molar-refractivity contribution in [1.29, 1.82) is 0 Å². The second-order valence-corrected chi connectivity index (χ2v) is 5.56. The van der Waals surface area contributed by atoms with E-state index >= 15 is 0 Å². The molecule has 0 unspecified atom stereocenters. The summed E-state index contributed by atoms with van der Waals surface area (Å²) in [5.74, 6) is 1.37. The summed E-state index contributed by atoms with van der Waals surface area (Å²) in [4.78, 5) is 11.5. The van der Waals surface area contributed by atoms with Crippen molar-refractivity contribution < 1.29 is 4.79 Å². The van der Waals surface area contributed by atoms with Crippen LogP contribution in [0, 0.1) is 11.3 Å². The molecule has 80 valence electrons. The van der Waals surface area contributed by atoms with E-state index in [-0.39, 0.29) is 0 Å². The first kappa shape index (κ1) is 10.2. The van der Waals surface area contributed by atoms with Crippen LogP contribution in [-0.2, 0) is 4.79 Å². The monoisotopic (exact) mass is 194 g/mol. The Bertz CT molecular complexity index is 221. The predicted octanol–water partition coefficient (Wildman–Crippen LogP) is 3.72. The van der Waals surface area contributed by atoms with Crippen molar-refractivity contribution >= 4 is 5.78 Å². The van der Waals surface area contributed by atoms with Gasteiger partial charge in [0.05, 0.1) is 0 Å². The smallest absolute Gasteiger partial charge is 0.133 e. The van der Waals surface area contributed by atoms with E-state index in [2.05, 4.69) is 6.92 Å². The largest absolute Gasteiger partial charge is 0.300 e. The molecule has 0 bridgehead atoms. The van der Waals surface area contributed by atoms with Crippen molar-refractivity contribution in [2.45, 2.75) is 64.7 Å². The number of Topliss-reactive ketones (excluding diaryl/α,β-unsaturated/α-hetero) is 1. The Hall–Kier alpha value is -0.330. The molecule has 14 heavy (non-hydrogen) atoms. The third-order valence-corrected chi connectivity index (χ3v) is 4.41. The number of hydrogen-bond donors (Lipinski definition) is 0. The Kier molecular flexibility index (Phi) is 2.94. The Labute approximate surface area is 87.3 Å². The van der Waals surface area contributed by atoms with Gasteiger partial charge in [0.25, 0.3) is 0 Å². The van der Waals surface area contributed by atoms with Crippen molar-refractivity contribution in [3.8, 4) is 0 Å². The lowest BCUT2D eigenvalue weighted by molar-refractivity contribution is -0.126. The van der Waals surface area contributed by atoms with E-state index < -0.39 is 0 Å². The number of rotatable bonds is 0. The van der Waals surface area contributed by atoms with Gasteiger partial charge < -0.3 is 0 Å². The predicted molar refractivity (Wildman–Crippen MR) is 58.2 cm³/mol. The Morgan fingerprint density at radius 3 is 2.79 bits per heavy atom. The normalized spacial score (nSPS) is 39.8. The van der Waals surface area contributed by atoms with Gasteiger partial charge in [-0.1, -0.05) is 32.6 Å². The minimum absolute atomic E-state index is 0.371. The number of fused-ring (bicyclic) bond motifs is 1. The lowest BCUT2D eigenvalue weighted by atomic mass is 9.62. The molecule has 0 spiro atoms. The van der Waals surface area contributed by atoms with Crippen molar-refractivity contribution in [2.24, 2.45) is 11.3 Å². The summed E-state index contributed by atoms with van der Waals surface area (Å²) in [6.07, 6.45) is 11.1. The van der Waals surface area contributed by atoms with Crippen LogP contribution in [0.25, 0.3) is 0 Å². The molecule has 0 aromatic heterocycles. The molecule has 2 rings (SSSR count). The standard InChI is InChI=1S/C13H22O/c1-13-9-5-3-2-4-6-11(13)7-8-12(14)10-13/h11H,2-10H2,1H3/t11-,13-/m1/s1. The molecule has 2 aliphatic rings. The average molecular weight is 194 g/mol. The molecule has 1 nitrogen and oxygen atoms in total. The highest BCUT2D eigenvalue weighted by Gasteiger charge is 2.39. The van der Waals surface area contributed by atoms with E-state index in [1.54, 1.807) is 0 Å². The molecule has 2 aliphatic carbocycles. The van der Waals surface area contributed by atoms with E-state index in [9.17, 15) is 4.79 Å². The van der Waals surface area contributed by atoms with Gasteiger partial charge in [0.1, 0.15) is 5.78 Å². The highest BCUT2D eigenvalue weighted by molar-refractivity contribution is 5.80. The zero-order chi connectivity index (χ0) is 10.0. The Morgan fingerprint density at radius 1 is 1.14 bits per heavy atom. The summed E-state index contributed by atoms with van der Waals surface area (Å²) >= 11 is 0. The second kappa shape index (κ2) is 4.04. The third-order valence-electron chi connectivity index (χ3n) is 4.41. The first-order chi connectivity index (χ1) is 6.71. The van der Waals surface area contributed by atoms with Gasteiger partial charge in [0, 0.05) is 12.8 Å². The van der Waals surface area contributed by atoms with Gasteiger partial charge in [0.2, 0.25) is 0 Å². The third kappa shape index (κ3) is 2.02. The summed E-state index contributed by atoms with van der Waals surface area (Å²) in [7, 11) is 0. The quantitative estimate of drug-likeness (QED) is 0.574. The summed E-state index contributed by atoms with van der Waals surface area (Å²) in [6.45, 7) is 2.36. The first-order valence-corrected chi connectivity index (χ1v) is 6.22. The van der Waals surface area contributed by atoms with Crippen LogP contribution in [0.5, 0.6) is 0 Å². The molecule has 1 heteroatoms. The number of ketones is 1. The number of carbonyl (C=O) groups is 1. The van der Waals surface area contributed by atoms with E-state index in [1.165, 1.54) is 44.9 Å². The molecule has 0 aromatic rings. The van der Waals surface area contributed by atoms with Gasteiger partial charge in [0.15, 0.2) is 0 Å². The van der Waals surface area contributed by atoms with Crippen molar-refractivity contribution in [3.63, 3.8) is 0 Å². The maximum absolute atomic E-state index is 11.5. The average Bonchev–Trinajstić information content (AvgIpc) is 2.10. The fourth-order valence-corrected chi connectivity index (χ4v) is 3.43. The van der Waals surface area contributed by atoms with Crippen LogP contribution in [0.1, 0.15) is 64.7 Å². The van der Waals surface area contributed by atoms with E-state index in [0.29, 0.717) is 11.2 Å². The lowest BCUT2D eigenvalue weighted by Crippen LogP contribution is -2.35. The van der Waals surface area contributed by atoms with Crippen LogP contribution >= 0.6 is 0 Å². The fourth-order valence-electron chi connectivity index (χ4n) is 3.43. The van der Waals surface area contributed by atoms with Gasteiger partial charge in [-0.2, -0.15) is 0 Å². The summed E-state index contributed by atoms with van der Waals surface area (Å²) in [6, 6.07) is 0. The lowest BCUT2D eigenvalue weighted by Gasteiger charge is -2.42. The van der Waals surface area contributed by atoms with Crippen molar-refractivity contribution in [1.82, 2.24) is 0 Å². The molecule has 0 aliphatic heterocycles. The van der Waals surface area contributed by atoms with Crippen LogP contribution in [-0.4, -0.2) is 5.78 Å². The minimum atomic E-state index is 0.371. The van der Waals surface area contributed by atoms with Gasteiger partial charge in [-0.3, -0.25) is 4.79 Å². The summed E-state index contributed by atoms with van der Waals surface area (Å²) in [5.41, 5.74) is 0.371. The molecular formula is C13H22O. The Morgan fingerprint density at radius 2 is 1.93 bits per heavy atom. The molecule has 0 radical (unpaired) electrons. The zero-order valence-electron chi connectivity index (χ0n) is 9.35. The van der Waals surface area contributed by atoms with Gasteiger partial charge in [-0.05, 0) is 30.6 Å². The molecule has 0 heterocycles. The SMILES string of the molecule is C[C@]12CCCCCC[C@@H]1CCC(=O)C2. The van der Waals surface area contributed by atoms with E-state index in [1.807, 2.05) is 0 Å². The minimum Gasteiger partial charge on any atom is -0.300 e. The second-order valence-electron chi connectivity index (χ2n) is 5.56. The van der Waals surface area contributed by atoms with Gasteiger partial charge in [-0.15, -0.1) is 0 Å². The molecule has 2 atom stereocenters. The molecule has 2 saturated carbocycles. The van der Waals surface area contributed by atoms with Crippen LogP contribution in [0.2, 0.25) is 0 Å². The van der Waals surface area contributed by atoms with Crippen molar-refractivity contribution in [3.05, 3.63) is 0 Å². The van der Waals surface area contributed by atoms with Crippen LogP contribution in [0.3, 0.4) is 0 Å². The number of carbonyl (C=O) groups excluding carboxylic acids is 1. The summed E-state index contributed by atoms with van der Waals surface area (Å²) < 4.78 is 0. The molecule has 2 fully saturated rings. The zero-order valence-corrected chi connectivity index (χ0v) is 9.35. The number of hydrogen-bond acceptors (Lipinski definition) is 1. The van der Waals surface area contributed by atoms with Gasteiger partial charge in [-0.25, -0.2) is 0 Å². The molecular weight excluding hydrogens is 172 g/mol. The van der Waals surface area contributed by atoms with Crippen LogP contribution in [0.4, 0.5) is 0 Å². The maximum Gasteiger partial charge on any atom is 0.133 e. The van der Waals surface area contributed by atoms with Crippen molar-refractivity contribution in [2.75, 3.05) is 0 Å². The highest BCUT2D eigenvalue weighted by atomic mass is 16.1. The van der Waals surface area contributed by atoms with E-state index in [0.717, 1.165) is 18.8 Å². The van der Waals surface area contributed by atoms with Crippen LogP contribution in [0.15, 0.2) is 0 Å². The highest BCUT2D eigenvalue weighted by Crippen LogP contribution is 2.46. The van der Waals surface area contributed by atoms with Gasteiger partial charge >= 0.3 is 0 Å². The first-order valence-electron chi connectivity index (χ1n) is 6.22. The maximum atomic E-state index is 11.5.